The summed E-state index contributed by atoms with van der Waals surface area (Å²) in [4.78, 5) is 2.42. The van der Waals surface area contributed by atoms with Crippen molar-refractivity contribution in [3.8, 4) is 0 Å². The summed E-state index contributed by atoms with van der Waals surface area (Å²) in [6.07, 6.45) is 0. The lowest BCUT2D eigenvalue weighted by Crippen LogP contribution is -2.34. The van der Waals surface area contributed by atoms with Gasteiger partial charge < -0.3 is 4.90 Å². The van der Waals surface area contributed by atoms with E-state index in [1.165, 1.54) is 11.1 Å². The Kier molecular flexibility index (Phi) is 5.87. The molecule has 1 aromatic rings. The number of aryl methyl sites for hydroxylation is 1. The molecule has 0 aliphatic rings. The van der Waals surface area contributed by atoms with Crippen LogP contribution in [0.5, 0.6) is 0 Å². The highest BCUT2D eigenvalue weighted by Crippen LogP contribution is 2.28. The predicted octanol–water partition coefficient (Wildman–Crippen LogP) is 4.48. The second kappa shape index (κ2) is 6.72. The molecule has 1 unspecified atom stereocenters. The van der Waals surface area contributed by atoms with Gasteiger partial charge in [0, 0.05) is 18.4 Å². The Labute approximate surface area is 121 Å². The van der Waals surface area contributed by atoms with Crippen molar-refractivity contribution >= 4 is 15.9 Å². The van der Waals surface area contributed by atoms with E-state index in [4.69, 9.17) is 0 Å². The maximum Gasteiger partial charge on any atom is 0.0230 e. The van der Waals surface area contributed by atoms with Crippen molar-refractivity contribution in [2.45, 2.75) is 34.2 Å². The van der Waals surface area contributed by atoms with E-state index >= 15 is 0 Å². The molecule has 0 spiro atoms. The van der Waals surface area contributed by atoms with E-state index < -0.39 is 0 Å². The van der Waals surface area contributed by atoms with Crippen LogP contribution in [0.15, 0.2) is 24.3 Å². The molecule has 0 fully saturated rings. The van der Waals surface area contributed by atoms with Gasteiger partial charge in [-0.05, 0) is 30.9 Å². The van der Waals surface area contributed by atoms with Crippen LogP contribution in [-0.2, 0) is 6.54 Å². The molecule has 0 bridgehead atoms. The summed E-state index contributed by atoms with van der Waals surface area (Å²) < 4.78 is 0. The van der Waals surface area contributed by atoms with Crippen LogP contribution < -0.4 is 0 Å². The first-order chi connectivity index (χ1) is 8.32. The summed E-state index contributed by atoms with van der Waals surface area (Å²) in [5.41, 5.74) is 3.10. The maximum absolute atomic E-state index is 3.65. The molecule has 0 saturated heterocycles. The summed E-state index contributed by atoms with van der Waals surface area (Å²) in [6.45, 7) is 11.3. The van der Waals surface area contributed by atoms with Crippen LogP contribution in [0.3, 0.4) is 0 Å². The Morgan fingerprint density at radius 1 is 1.28 bits per heavy atom. The summed E-state index contributed by atoms with van der Waals surface area (Å²) in [6, 6.07) is 8.78. The third-order valence-electron chi connectivity index (χ3n) is 3.48. The summed E-state index contributed by atoms with van der Waals surface area (Å²) in [7, 11) is 2.21. The Balaban J connectivity index is 2.58. The number of rotatable bonds is 5. The highest BCUT2D eigenvalue weighted by atomic mass is 79.9. The lowest BCUT2D eigenvalue weighted by Gasteiger charge is -2.32. The van der Waals surface area contributed by atoms with Gasteiger partial charge in [-0.1, -0.05) is 66.5 Å². The number of halogens is 1. The molecule has 0 aromatic heterocycles. The fourth-order valence-corrected chi connectivity index (χ4v) is 3.29. The maximum atomic E-state index is 3.65. The van der Waals surface area contributed by atoms with Crippen LogP contribution in [-0.4, -0.2) is 23.8 Å². The van der Waals surface area contributed by atoms with Crippen LogP contribution in [0.1, 0.15) is 31.9 Å². The molecule has 18 heavy (non-hydrogen) atoms. The minimum atomic E-state index is 0.352. The van der Waals surface area contributed by atoms with E-state index in [0.717, 1.165) is 18.4 Å². The zero-order valence-corrected chi connectivity index (χ0v) is 13.9. The molecule has 2 heteroatoms. The third-order valence-corrected chi connectivity index (χ3v) is 4.26. The summed E-state index contributed by atoms with van der Waals surface area (Å²) >= 11 is 3.65. The normalized spacial score (nSPS) is 13.9. The minimum Gasteiger partial charge on any atom is -0.302 e. The van der Waals surface area contributed by atoms with E-state index in [2.05, 4.69) is 79.8 Å². The van der Waals surface area contributed by atoms with Crippen molar-refractivity contribution in [1.29, 1.82) is 0 Å². The lowest BCUT2D eigenvalue weighted by atomic mass is 9.82. The van der Waals surface area contributed by atoms with Gasteiger partial charge in [0.25, 0.3) is 0 Å². The number of benzene rings is 1. The molecule has 0 aliphatic heterocycles. The molecule has 1 rings (SSSR count). The van der Waals surface area contributed by atoms with E-state index in [0.29, 0.717) is 11.3 Å². The van der Waals surface area contributed by atoms with Crippen molar-refractivity contribution in [2.24, 2.45) is 11.3 Å². The third kappa shape index (κ3) is 5.11. The van der Waals surface area contributed by atoms with Crippen LogP contribution >= 0.6 is 15.9 Å². The lowest BCUT2D eigenvalue weighted by molar-refractivity contribution is 0.183. The fraction of sp³-hybridized carbons (Fsp3) is 0.625. The topological polar surface area (TPSA) is 3.24 Å². The van der Waals surface area contributed by atoms with E-state index in [1.807, 2.05) is 0 Å². The quantitative estimate of drug-likeness (QED) is 0.724. The van der Waals surface area contributed by atoms with Crippen molar-refractivity contribution in [1.82, 2.24) is 4.90 Å². The van der Waals surface area contributed by atoms with Gasteiger partial charge in [-0.3, -0.25) is 0 Å². The first-order valence-corrected chi connectivity index (χ1v) is 7.75. The molecule has 0 radical (unpaired) electrons. The predicted molar refractivity (Wildman–Crippen MR) is 84.3 cm³/mol. The molecular formula is C16H26BrN. The van der Waals surface area contributed by atoms with Gasteiger partial charge >= 0.3 is 0 Å². The van der Waals surface area contributed by atoms with E-state index in [-0.39, 0.29) is 0 Å². The molecule has 0 heterocycles. The largest absolute Gasteiger partial charge is 0.302 e. The van der Waals surface area contributed by atoms with Gasteiger partial charge in [0.05, 0.1) is 0 Å². The van der Waals surface area contributed by atoms with Crippen molar-refractivity contribution in [3.63, 3.8) is 0 Å². The Morgan fingerprint density at radius 3 is 2.44 bits per heavy atom. The van der Waals surface area contributed by atoms with Crippen molar-refractivity contribution in [2.75, 3.05) is 18.9 Å². The molecule has 0 amide bonds. The molecule has 102 valence electrons. The zero-order valence-electron chi connectivity index (χ0n) is 12.3. The molecule has 0 saturated carbocycles. The highest BCUT2D eigenvalue weighted by molar-refractivity contribution is 9.09. The molecule has 1 nitrogen and oxygen atoms in total. The smallest absolute Gasteiger partial charge is 0.0230 e. The number of hydrogen-bond donors (Lipinski definition) is 0. The number of nitrogens with zero attached hydrogens (tertiary/aromatic N) is 1. The Morgan fingerprint density at radius 2 is 1.94 bits per heavy atom. The first-order valence-electron chi connectivity index (χ1n) is 6.63. The average Bonchev–Trinajstić information content (AvgIpc) is 2.24. The number of alkyl halides is 1. The minimum absolute atomic E-state index is 0.352. The van der Waals surface area contributed by atoms with Gasteiger partial charge in [0.2, 0.25) is 0 Å². The first kappa shape index (κ1) is 15.7. The Hall–Kier alpha value is -0.340. The standard InChI is InChI=1S/C16H26BrN/c1-13-7-6-8-14(9-13)11-18(5)12-15(10-17)16(2,3)4/h6-9,15H,10-12H2,1-5H3. The molecule has 1 aromatic carbocycles. The second-order valence-corrected chi connectivity index (χ2v) is 7.05. The zero-order chi connectivity index (χ0) is 13.8. The fourth-order valence-electron chi connectivity index (χ4n) is 2.12. The number of hydrogen-bond acceptors (Lipinski definition) is 1. The van der Waals surface area contributed by atoms with Crippen LogP contribution in [0.25, 0.3) is 0 Å². The summed E-state index contributed by atoms with van der Waals surface area (Å²) in [5.74, 6) is 0.673. The van der Waals surface area contributed by atoms with Gasteiger partial charge in [-0.2, -0.15) is 0 Å². The monoisotopic (exact) mass is 311 g/mol. The van der Waals surface area contributed by atoms with Gasteiger partial charge in [-0.25, -0.2) is 0 Å². The van der Waals surface area contributed by atoms with Crippen LogP contribution in [0, 0.1) is 18.3 Å². The van der Waals surface area contributed by atoms with E-state index in [9.17, 15) is 0 Å². The van der Waals surface area contributed by atoms with Crippen molar-refractivity contribution < 1.29 is 0 Å². The van der Waals surface area contributed by atoms with Crippen LogP contribution in [0.2, 0.25) is 0 Å². The second-order valence-electron chi connectivity index (χ2n) is 6.40. The van der Waals surface area contributed by atoms with Gasteiger partial charge in [-0.15, -0.1) is 0 Å². The summed E-state index contributed by atoms with van der Waals surface area (Å²) in [5, 5.41) is 1.06. The SMILES string of the molecule is Cc1cccc(CN(C)CC(CBr)C(C)(C)C)c1. The van der Waals surface area contributed by atoms with Crippen molar-refractivity contribution in [3.05, 3.63) is 35.4 Å². The Bertz CT molecular complexity index is 368. The van der Waals surface area contributed by atoms with Crippen LogP contribution in [0.4, 0.5) is 0 Å². The molecule has 1 atom stereocenters. The van der Waals surface area contributed by atoms with Gasteiger partial charge in [0.1, 0.15) is 0 Å². The average molecular weight is 312 g/mol. The molecule has 0 aliphatic carbocycles. The van der Waals surface area contributed by atoms with E-state index in [1.54, 1.807) is 0 Å². The molecular weight excluding hydrogens is 286 g/mol. The highest BCUT2D eigenvalue weighted by Gasteiger charge is 2.24. The van der Waals surface area contributed by atoms with Gasteiger partial charge in [0.15, 0.2) is 0 Å². The molecule has 0 N–H and O–H groups in total.